The molecular formula is C19H18F3N5O. The Labute approximate surface area is 158 Å². The summed E-state index contributed by atoms with van der Waals surface area (Å²) in [6.45, 7) is 1.76. The topological polar surface area (TPSA) is 72.7 Å². The molecule has 6 nitrogen and oxygen atoms in total. The molecule has 0 atom stereocenters. The molecule has 1 fully saturated rings. The van der Waals surface area contributed by atoms with Gasteiger partial charge >= 0.3 is 6.18 Å². The van der Waals surface area contributed by atoms with E-state index in [1.807, 2.05) is 0 Å². The molecular weight excluding hydrogens is 371 g/mol. The Morgan fingerprint density at radius 2 is 1.86 bits per heavy atom. The van der Waals surface area contributed by atoms with Crippen LogP contribution in [0.2, 0.25) is 0 Å². The third-order valence-corrected chi connectivity index (χ3v) is 4.98. The number of piperidine rings is 1. The fraction of sp³-hybridized carbons (Fsp3) is 0.368. The van der Waals surface area contributed by atoms with Gasteiger partial charge in [0.2, 0.25) is 0 Å². The molecule has 1 saturated heterocycles. The van der Waals surface area contributed by atoms with Crippen molar-refractivity contribution in [1.82, 2.24) is 24.8 Å². The van der Waals surface area contributed by atoms with Crippen molar-refractivity contribution in [1.29, 1.82) is 0 Å². The molecule has 3 aromatic rings. The van der Waals surface area contributed by atoms with Crippen LogP contribution in [-0.4, -0.2) is 32.6 Å². The van der Waals surface area contributed by atoms with Crippen LogP contribution in [0.15, 0.2) is 41.6 Å². The number of pyridine rings is 2. The zero-order valence-corrected chi connectivity index (χ0v) is 14.9. The standard InChI is InChI=1S/C19H18F3N5O/c20-19(21,22)16-2-1-12(10-26-16)11-27-17-15(24-7-8-25-17)9-14(18(27)28)13-3-5-23-6-4-13/h1-2,7-10,13,23H,3-6,11H2. The minimum absolute atomic E-state index is 0.0813. The van der Waals surface area contributed by atoms with Crippen molar-refractivity contribution >= 4 is 11.2 Å². The number of nitrogens with zero attached hydrogens (tertiary/aromatic N) is 4. The van der Waals surface area contributed by atoms with Crippen LogP contribution in [0.4, 0.5) is 13.2 Å². The van der Waals surface area contributed by atoms with Crippen molar-refractivity contribution in [2.45, 2.75) is 31.5 Å². The summed E-state index contributed by atoms with van der Waals surface area (Å²) in [6, 6.07) is 4.05. The Morgan fingerprint density at radius 1 is 1.11 bits per heavy atom. The first kappa shape index (κ1) is 18.5. The van der Waals surface area contributed by atoms with Gasteiger partial charge in [0, 0.05) is 24.2 Å². The number of fused-ring (bicyclic) bond motifs is 1. The van der Waals surface area contributed by atoms with Gasteiger partial charge in [-0.2, -0.15) is 13.2 Å². The molecule has 0 aliphatic carbocycles. The highest BCUT2D eigenvalue weighted by Gasteiger charge is 2.32. The molecule has 0 aromatic carbocycles. The van der Waals surface area contributed by atoms with E-state index in [-0.39, 0.29) is 18.0 Å². The van der Waals surface area contributed by atoms with Crippen molar-refractivity contribution in [3.63, 3.8) is 0 Å². The summed E-state index contributed by atoms with van der Waals surface area (Å²) < 4.78 is 39.7. The van der Waals surface area contributed by atoms with E-state index in [2.05, 4.69) is 20.3 Å². The molecule has 0 spiro atoms. The molecule has 1 aliphatic rings. The number of aromatic nitrogens is 4. The first-order chi connectivity index (χ1) is 13.4. The third kappa shape index (κ3) is 3.62. The molecule has 4 heterocycles. The van der Waals surface area contributed by atoms with Gasteiger partial charge in [-0.25, -0.2) is 4.98 Å². The smallest absolute Gasteiger partial charge is 0.317 e. The van der Waals surface area contributed by atoms with Crippen LogP contribution in [0.3, 0.4) is 0 Å². The molecule has 0 bridgehead atoms. The Kier molecular flexibility index (Phi) is 4.84. The van der Waals surface area contributed by atoms with E-state index in [9.17, 15) is 18.0 Å². The summed E-state index contributed by atoms with van der Waals surface area (Å²) in [7, 11) is 0. The monoisotopic (exact) mass is 389 g/mol. The molecule has 0 amide bonds. The summed E-state index contributed by atoms with van der Waals surface area (Å²) in [6.07, 6.45) is 1.40. The normalized spacial score (nSPS) is 15.8. The maximum absolute atomic E-state index is 13.2. The molecule has 3 aromatic heterocycles. The molecule has 1 N–H and O–H groups in total. The predicted molar refractivity (Wildman–Crippen MR) is 97.0 cm³/mol. The van der Waals surface area contributed by atoms with Gasteiger partial charge in [0.15, 0.2) is 5.65 Å². The summed E-state index contributed by atoms with van der Waals surface area (Å²) in [4.78, 5) is 25.3. The van der Waals surface area contributed by atoms with Gasteiger partial charge in [0.1, 0.15) is 11.2 Å². The Bertz CT molecular complexity index is 1040. The maximum Gasteiger partial charge on any atom is 0.433 e. The van der Waals surface area contributed by atoms with Crippen LogP contribution in [0.1, 0.15) is 35.6 Å². The van der Waals surface area contributed by atoms with Crippen molar-refractivity contribution in [2.75, 3.05) is 13.1 Å². The number of alkyl halides is 3. The minimum Gasteiger partial charge on any atom is -0.317 e. The number of hydrogen-bond donors (Lipinski definition) is 1. The lowest BCUT2D eigenvalue weighted by Crippen LogP contribution is -2.32. The third-order valence-electron chi connectivity index (χ3n) is 4.98. The SMILES string of the molecule is O=c1c(C2CCNCC2)cc2nccnc2n1Cc1ccc(C(F)(F)F)nc1. The summed E-state index contributed by atoms with van der Waals surface area (Å²) in [5.74, 6) is 0.122. The lowest BCUT2D eigenvalue weighted by Gasteiger charge is -2.23. The second-order valence-corrected chi connectivity index (χ2v) is 6.83. The summed E-state index contributed by atoms with van der Waals surface area (Å²) in [5, 5.41) is 3.28. The van der Waals surface area contributed by atoms with E-state index in [1.54, 1.807) is 12.3 Å². The van der Waals surface area contributed by atoms with Gasteiger partial charge in [0.05, 0.1) is 6.54 Å². The van der Waals surface area contributed by atoms with E-state index in [1.165, 1.54) is 16.8 Å². The quantitative estimate of drug-likeness (QED) is 0.746. The molecule has 28 heavy (non-hydrogen) atoms. The highest BCUT2D eigenvalue weighted by atomic mass is 19.4. The predicted octanol–water partition coefficient (Wildman–Crippen LogP) is 2.72. The molecule has 0 saturated carbocycles. The van der Waals surface area contributed by atoms with Gasteiger partial charge in [-0.05, 0) is 49.5 Å². The van der Waals surface area contributed by atoms with Gasteiger partial charge in [-0.3, -0.25) is 19.3 Å². The second-order valence-electron chi connectivity index (χ2n) is 6.83. The molecule has 0 unspecified atom stereocenters. The molecule has 9 heteroatoms. The van der Waals surface area contributed by atoms with E-state index >= 15 is 0 Å². The van der Waals surface area contributed by atoms with E-state index in [0.717, 1.165) is 38.2 Å². The first-order valence-corrected chi connectivity index (χ1v) is 9.01. The minimum atomic E-state index is -4.50. The van der Waals surface area contributed by atoms with Crippen molar-refractivity contribution in [3.05, 3.63) is 64.0 Å². The van der Waals surface area contributed by atoms with Crippen LogP contribution in [0.25, 0.3) is 11.2 Å². The summed E-state index contributed by atoms with van der Waals surface area (Å²) >= 11 is 0. The Hall–Kier alpha value is -2.81. The molecule has 0 radical (unpaired) electrons. The fourth-order valence-corrected chi connectivity index (χ4v) is 3.55. The maximum atomic E-state index is 13.2. The van der Waals surface area contributed by atoms with Gasteiger partial charge < -0.3 is 5.32 Å². The van der Waals surface area contributed by atoms with E-state index in [4.69, 9.17) is 0 Å². The Morgan fingerprint density at radius 3 is 2.54 bits per heavy atom. The van der Waals surface area contributed by atoms with Gasteiger partial charge in [-0.1, -0.05) is 6.07 Å². The first-order valence-electron chi connectivity index (χ1n) is 9.01. The molecule has 146 valence electrons. The summed E-state index contributed by atoms with van der Waals surface area (Å²) in [5.41, 5.74) is 1.02. The highest BCUT2D eigenvalue weighted by Crippen LogP contribution is 2.28. The van der Waals surface area contributed by atoms with E-state index in [0.29, 0.717) is 22.3 Å². The number of hydrogen-bond acceptors (Lipinski definition) is 5. The average Bonchev–Trinajstić information content (AvgIpc) is 2.70. The van der Waals surface area contributed by atoms with Crippen molar-refractivity contribution in [2.24, 2.45) is 0 Å². The van der Waals surface area contributed by atoms with Crippen LogP contribution in [0.5, 0.6) is 0 Å². The highest BCUT2D eigenvalue weighted by molar-refractivity contribution is 5.70. The number of halogens is 3. The zero-order chi connectivity index (χ0) is 19.7. The van der Waals surface area contributed by atoms with E-state index < -0.39 is 11.9 Å². The van der Waals surface area contributed by atoms with Crippen LogP contribution in [-0.2, 0) is 12.7 Å². The molecule has 1 aliphatic heterocycles. The zero-order valence-electron chi connectivity index (χ0n) is 14.9. The van der Waals surface area contributed by atoms with Crippen LogP contribution >= 0.6 is 0 Å². The average molecular weight is 389 g/mol. The van der Waals surface area contributed by atoms with Crippen LogP contribution in [0, 0.1) is 0 Å². The fourth-order valence-electron chi connectivity index (χ4n) is 3.55. The van der Waals surface area contributed by atoms with Gasteiger partial charge in [-0.15, -0.1) is 0 Å². The number of nitrogens with one attached hydrogen (secondary N) is 1. The van der Waals surface area contributed by atoms with Crippen molar-refractivity contribution in [3.8, 4) is 0 Å². The second kappa shape index (κ2) is 7.31. The lowest BCUT2D eigenvalue weighted by atomic mass is 9.91. The number of rotatable bonds is 3. The lowest BCUT2D eigenvalue weighted by molar-refractivity contribution is -0.141. The Balaban J connectivity index is 1.77. The van der Waals surface area contributed by atoms with Gasteiger partial charge in [0.25, 0.3) is 5.56 Å². The molecule has 4 rings (SSSR count). The largest absolute Gasteiger partial charge is 0.433 e. The van der Waals surface area contributed by atoms with Crippen molar-refractivity contribution < 1.29 is 13.2 Å². The van der Waals surface area contributed by atoms with Crippen LogP contribution < -0.4 is 10.9 Å².